The molecule has 16 heavy (non-hydrogen) atoms. The Bertz CT molecular complexity index is 345. The van der Waals surface area contributed by atoms with E-state index in [4.69, 9.17) is 23.2 Å². The molecular formula is C13H17Cl2N. The summed E-state index contributed by atoms with van der Waals surface area (Å²) in [4.78, 5) is 0. The van der Waals surface area contributed by atoms with Crippen molar-refractivity contribution in [1.82, 2.24) is 5.32 Å². The zero-order valence-electron chi connectivity index (χ0n) is 9.47. The van der Waals surface area contributed by atoms with E-state index < -0.39 is 0 Å². The Kier molecular flexibility index (Phi) is 4.12. The molecular weight excluding hydrogens is 241 g/mol. The summed E-state index contributed by atoms with van der Waals surface area (Å²) in [7, 11) is 0. The Morgan fingerprint density at radius 1 is 1.31 bits per heavy atom. The molecule has 0 bridgehead atoms. The molecule has 0 spiro atoms. The largest absolute Gasteiger partial charge is 0.310 e. The fourth-order valence-electron chi connectivity index (χ4n) is 2.12. The molecule has 0 heterocycles. The second kappa shape index (κ2) is 5.39. The molecule has 1 nitrogen and oxygen atoms in total. The quantitative estimate of drug-likeness (QED) is 0.831. The van der Waals surface area contributed by atoms with E-state index in [2.05, 4.69) is 12.2 Å². The second-order valence-electron chi connectivity index (χ2n) is 4.47. The molecule has 0 amide bonds. The lowest BCUT2D eigenvalue weighted by Gasteiger charge is -2.08. The van der Waals surface area contributed by atoms with Gasteiger partial charge in [0.15, 0.2) is 0 Å². The van der Waals surface area contributed by atoms with Crippen LogP contribution in [0.2, 0.25) is 10.0 Å². The van der Waals surface area contributed by atoms with Crippen LogP contribution < -0.4 is 5.32 Å². The highest BCUT2D eigenvalue weighted by Crippen LogP contribution is 2.35. The van der Waals surface area contributed by atoms with Crippen molar-refractivity contribution >= 4 is 23.2 Å². The van der Waals surface area contributed by atoms with Crippen molar-refractivity contribution in [2.75, 3.05) is 0 Å². The molecule has 1 aliphatic rings. The van der Waals surface area contributed by atoms with Crippen LogP contribution in [0.1, 0.15) is 31.7 Å². The predicted molar refractivity (Wildman–Crippen MR) is 70.1 cm³/mol. The summed E-state index contributed by atoms with van der Waals surface area (Å²) >= 11 is 12.2. The standard InChI is InChI=1S/C13H17Cl2N/c1-2-4-9-7-13(9)16-8-10-11(14)5-3-6-12(10)15/h3,5-6,9,13,16H,2,4,7-8H2,1H3. The molecule has 1 N–H and O–H groups in total. The molecule has 1 aliphatic carbocycles. The van der Waals surface area contributed by atoms with Crippen molar-refractivity contribution in [1.29, 1.82) is 0 Å². The number of benzene rings is 1. The maximum atomic E-state index is 6.11. The first-order valence-electron chi connectivity index (χ1n) is 5.88. The van der Waals surface area contributed by atoms with Gasteiger partial charge < -0.3 is 5.32 Å². The van der Waals surface area contributed by atoms with Crippen LogP contribution in [-0.4, -0.2) is 6.04 Å². The van der Waals surface area contributed by atoms with E-state index in [0.29, 0.717) is 6.04 Å². The van der Waals surface area contributed by atoms with Crippen LogP contribution in [-0.2, 0) is 6.54 Å². The van der Waals surface area contributed by atoms with Gasteiger partial charge >= 0.3 is 0 Å². The third-order valence-electron chi connectivity index (χ3n) is 3.18. The first-order chi connectivity index (χ1) is 7.72. The summed E-state index contributed by atoms with van der Waals surface area (Å²) in [6, 6.07) is 6.33. The molecule has 1 fully saturated rings. The van der Waals surface area contributed by atoms with Crippen LogP contribution >= 0.6 is 23.2 Å². The molecule has 88 valence electrons. The molecule has 2 unspecified atom stereocenters. The van der Waals surface area contributed by atoms with Crippen LogP contribution in [0.25, 0.3) is 0 Å². The number of hydrogen-bond donors (Lipinski definition) is 1. The highest BCUT2D eigenvalue weighted by atomic mass is 35.5. The Hall–Kier alpha value is -0.240. The molecule has 1 aromatic rings. The Labute approximate surface area is 107 Å². The van der Waals surface area contributed by atoms with Crippen LogP contribution in [0, 0.1) is 5.92 Å². The number of hydrogen-bond acceptors (Lipinski definition) is 1. The number of halogens is 2. The first-order valence-corrected chi connectivity index (χ1v) is 6.64. The maximum Gasteiger partial charge on any atom is 0.0465 e. The molecule has 3 heteroatoms. The summed E-state index contributed by atoms with van der Waals surface area (Å²) in [6.07, 6.45) is 3.90. The maximum absolute atomic E-state index is 6.11. The van der Waals surface area contributed by atoms with Crippen molar-refractivity contribution in [3.63, 3.8) is 0 Å². The van der Waals surface area contributed by atoms with Gasteiger partial charge in [0, 0.05) is 28.2 Å². The van der Waals surface area contributed by atoms with Gasteiger partial charge in [-0.05, 0) is 30.9 Å². The third-order valence-corrected chi connectivity index (χ3v) is 3.89. The van der Waals surface area contributed by atoms with Gasteiger partial charge in [0.05, 0.1) is 0 Å². The van der Waals surface area contributed by atoms with Crippen molar-refractivity contribution < 1.29 is 0 Å². The zero-order chi connectivity index (χ0) is 11.5. The van der Waals surface area contributed by atoms with Gasteiger partial charge in [-0.2, -0.15) is 0 Å². The van der Waals surface area contributed by atoms with E-state index in [1.165, 1.54) is 19.3 Å². The van der Waals surface area contributed by atoms with E-state index in [1.807, 2.05) is 18.2 Å². The smallest absolute Gasteiger partial charge is 0.0465 e. The average Bonchev–Trinajstić information content (AvgIpc) is 2.97. The molecule has 1 aromatic carbocycles. The van der Waals surface area contributed by atoms with Gasteiger partial charge in [-0.3, -0.25) is 0 Å². The highest BCUT2D eigenvalue weighted by Gasteiger charge is 2.35. The van der Waals surface area contributed by atoms with Crippen molar-refractivity contribution in [2.24, 2.45) is 5.92 Å². The van der Waals surface area contributed by atoms with Crippen molar-refractivity contribution in [2.45, 2.75) is 38.8 Å². The van der Waals surface area contributed by atoms with E-state index in [-0.39, 0.29) is 0 Å². The van der Waals surface area contributed by atoms with Crippen LogP contribution in [0.5, 0.6) is 0 Å². The summed E-state index contributed by atoms with van der Waals surface area (Å²) in [5, 5.41) is 5.03. The minimum atomic E-state index is 0.673. The van der Waals surface area contributed by atoms with Gasteiger partial charge in [0.1, 0.15) is 0 Å². The molecule has 0 saturated heterocycles. The minimum absolute atomic E-state index is 0.673. The number of nitrogens with one attached hydrogen (secondary N) is 1. The zero-order valence-corrected chi connectivity index (χ0v) is 11.0. The van der Waals surface area contributed by atoms with Gasteiger partial charge in [0.25, 0.3) is 0 Å². The fraction of sp³-hybridized carbons (Fsp3) is 0.538. The SMILES string of the molecule is CCCC1CC1NCc1c(Cl)cccc1Cl. The summed E-state index contributed by atoms with van der Waals surface area (Å²) in [6.45, 7) is 3.02. The van der Waals surface area contributed by atoms with Gasteiger partial charge in [-0.1, -0.05) is 42.6 Å². The molecule has 1 saturated carbocycles. The Morgan fingerprint density at radius 3 is 2.62 bits per heavy atom. The van der Waals surface area contributed by atoms with Gasteiger partial charge in [0.2, 0.25) is 0 Å². The summed E-state index contributed by atoms with van der Waals surface area (Å²) < 4.78 is 0. The molecule has 0 radical (unpaired) electrons. The monoisotopic (exact) mass is 257 g/mol. The normalized spacial score (nSPS) is 23.4. The lowest BCUT2D eigenvalue weighted by Crippen LogP contribution is -2.18. The van der Waals surface area contributed by atoms with E-state index in [0.717, 1.165) is 28.1 Å². The van der Waals surface area contributed by atoms with E-state index in [1.54, 1.807) is 0 Å². The lowest BCUT2D eigenvalue weighted by atomic mass is 10.2. The summed E-state index contributed by atoms with van der Waals surface area (Å²) in [5.41, 5.74) is 1.02. The third kappa shape index (κ3) is 2.91. The minimum Gasteiger partial charge on any atom is -0.310 e. The van der Waals surface area contributed by atoms with Crippen molar-refractivity contribution in [3.05, 3.63) is 33.8 Å². The van der Waals surface area contributed by atoms with E-state index >= 15 is 0 Å². The molecule has 0 aliphatic heterocycles. The van der Waals surface area contributed by atoms with Crippen LogP contribution in [0.15, 0.2) is 18.2 Å². The second-order valence-corrected chi connectivity index (χ2v) is 5.29. The average molecular weight is 258 g/mol. The van der Waals surface area contributed by atoms with E-state index in [9.17, 15) is 0 Å². The summed E-state index contributed by atoms with van der Waals surface area (Å²) in [5.74, 6) is 0.867. The topological polar surface area (TPSA) is 12.0 Å². The molecule has 0 aromatic heterocycles. The van der Waals surface area contributed by atoms with Gasteiger partial charge in [-0.25, -0.2) is 0 Å². The molecule has 2 rings (SSSR count). The lowest BCUT2D eigenvalue weighted by molar-refractivity contribution is 0.599. The van der Waals surface area contributed by atoms with Gasteiger partial charge in [-0.15, -0.1) is 0 Å². The molecule has 2 atom stereocenters. The first kappa shape index (κ1) is 12.2. The van der Waals surface area contributed by atoms with Crippen LogP contribution in [0.4, 0.5) is 0 Å². The van der Waals surface area contributed by atoms with Crippen LogP contribution in [0.3, 0.4) is 0 Å². The highest BCUT2D eigenvalue weighted by molar-refractivity contribution is 6.35. The number of rotatable bonds is 5. The Balaban J connectivity index is 1.86. The van der Waals surface area contributed by atoms with Crippen molar-refractivity contribution in [3.8, 4) is 0 Å². The Morgan fingerprint density at radius 2 is 2.00 bits per heavy atom. The predicted octanol–water partition coefficient (Wildman–Crippen LogP) is 4.27. The fourth-order valence-corrected chi connectivity index (χ4v) is 2.65.